The number of phenolic OH excluding ortho intramolecular Hbond substituents is 1. The van der Waals surface area contributed by atoms with Crippen molar-refractivity contribution in [2.24, 2.45) is 5.73 Å². The highest BCUT2D eigenvalue weighted by Gasteiger charge is 2.42. The maximum atomic E-state index is 9.59. The van der Waals surface area contributed by atoms with Gasteiger partial charge in [-0.05, 0) is 18.9 Å². The van der Waals surface area contributed by atoms with Gasteiger partial charge >= 0.3 is 0 Å². The van der Waals surface area contributed by atoms with E-state index in [9.17, 15) is 5.11 Å². The van der Waals surface area contributed by atoms with Crippen molar-refractivity contribution < 1.29 is 14.6 Å². The molecule has 15 heavy (non-hydrogen) atoms. The Morgan fingerprint density at radius 3 is 2.27 bits per heavy atom. The fraction of sp³-hybridized carbons (Fsp3) is 0.455. The maximum Gasteiger partial charge on any atom is 0.161 e. The average Bonchev–Trinajstić information content (AvgIpc) is 2.97. The third-order valence-corrected chi connectivity index (χ3v) is 2.83. The van der Waals surface area contributed by atoms with Crippen LogP contribution in [0.25, 0.3) is 0 Å². The summed E-state index contributed by atoms with van der Waals surface area (Å²) in [5.74, 6) is 1.12. The van der Waals surface area contributed by atoms with E-state index in [1.54, 1.807) is 19.2 Å². The lowest BCUT2D eigenvalue weighted by Crippen LogP contribution is -2.19. The van der Waals surface area contributed by atoms with E-state index < -0.39 is 0 Å². The van der Waals surface area contributed by atoms with E-state index in [0.717, 1.165) is 18.4 Å². The molecule has 0 spiro atoms. The first kappa shape index (κ1) is 10.1. The molecule has 0 unspecified atom stereocenters. The predicted molar refractivity (Wildman–Crippen MR) is 56.3 cm³/mol. The first-order chi connectivity index (χ1) is 7.10. The molecular formula is C11H15NO3. The molecule has 1 aromatic rings. The second-order valence-electron chi connectivity index (χ2n) is 3.88. The topological polar surface area (TPSA) is 64.7 Å². The van der Waals surface area contributed by atoms with Crippen LogP contribution in [0.1, 0.15) is 18.4 Å². The first-order valence-corrected chi connectivity index (χ1v) is 4.85. The van der Waals surface area contributed by atoms with Crippen molar-refractivity contribution in [1.82, 2.24) is 0 Å². The summed E-state index contributed by atoms with van der Waals surface area (Å²) in [7, 11) is 3.08. The third-order valence-electron chi connectivity index (χ3n) is 2.83. The second-order valence-corrected chi connectivity index (χ2v) is 3.88. The Morgan fingerprint density at radius 2 is 1.80 bits per heavy atom. The Kier molecular flexibility index (Phi) is 2.23. The molecule has 0 aromatic heterocycles. The highest BCUT2D eigenvalue weighted by Crippen LogP contribution is 2.49. The van der Waals surface area contributed by atoms with Crippen LogP contribution >= 0.6 is 0 Å². The van der Waals surface area contributed by atoms with E-state index in [-0.39, 0.29) is 11.3 Å². The zero-order chi connectivity index (χ0) is 11.1. The van der Waals surface area contributed by atoms with E-state index >= 15 is 0 Å². The molecule has 82 valence electrons. The summed E-state index contributed by atoms with van der Waals surface area (Å²) in [6.07, 6.45) is 1.88. The van der Waals surface area contributed by atoms with Gasteiger partial charge in [0, 0.05) is 17.2 Å². The van der Waals surface area contributed by atoms with Gasteiger partial charge < -0.3 is 20.3 Å². The molecule has 0 atom stereocenters. The van der Waals surface area contributed by atoms with Gasteiger partial charge in [-0.2, -0.15) is 0 Å². The lowest BCUT2D eigenvalue weighted by Gasteiger charge is -2.16. The van der Waals surface area contributed by atoms with Gasteiger partial charge in [-0.3, -0.25) is 0 Å². The van der Waals surface area contributed by atoms with E-state index in [1.165, 1.54) is 7.11 Å². The van der Waals surface area contributed by atoms with Gasteiger partial charge in [-0.1, -0.05) is 0 Å². The zero-order valence-electron chi connectivity index (χ0n) is 8.91. The Hall–Kier alpha value is -1.42. The standard InChI is InChI=1S/C11H15NO3/c1-14-9-6-8(13)10(15-2)5-7(9)11(12)3-4-11/h5-6,13H,3-4,12H2,1-2H3. The lowest BCUT2D eigenvalue weighted by atomic mass is 10.0. The van der Waals surface area contributed by atoms with E-state index in [2.05, 4.69) is 0 Å². The molecule has 0 aliphatic heterocycles. The van der Waals surface area contributed by atoms with Crippen LogP contribution < -0.4 is 15.2 Å². The number of rotatable bonds is 3. The number of nitrogens with two attached hydrogens (primary N) is 1. The van der Waals surface area contributed by atoms with Crippen LogP contribution in [0.2, 0.25) is 0 Å². The zero-order valence-corrected chi connectivity index (χ0v) is 8.91. The van der Waals surface area contributed by atoms with Crippen LogP contribution in [-0.4, -0.2) is 19.3 Å². The highest BCUT2D eigenvalue weighted by molar-refractivity contribution is 5.53. The number of benzene rings is 1. The maximum absolute atomic E-state index is 9.59. The highest BCUT2D eigenvalue weighted by atomic mass is 16.5. The molecule has 0 amide bonds. The van der Waals surface area contributed by atoms with Gasteiger partial charge in [-0.15, -0.1) is 0 Å². The molecule has 4 heteroatoms. The first-order valence-electron chi connectivity index (χ1n) is 4.85. The van der Waals surface area contributed by atoms with Crippen molar-refractivity contribution in [2.45, 2.75) is 18.4 Å². The van der Waals surface area contributed by atoms with Crippen molar-refractivity contribution in [3.05, 3.63) is 17.7 Å². The summed E-state index contributed by atoms with van der Waals surface area (Å²) in [5.41, 5.74) is 6.70. The Morgan fingerprint density at radius 1 is 1.20 bits per heavy atom. The Bertz CT molecular complexity index is 386. The minimum absolute atomic E-state index is 0.0716. The quantitative estimate of drug-likeness (QED) is 0.788. The molecule has 1 aliphatic carbocycles. The molecule has 1 aliphatic rings. The summed E-state index contributed by atoms with van der Waals surface area (Å²) >= 11 is 0. The summed E-state index contributed by atoms with van der Waals surface area (Å²) in [6, 6.07) is 3.29. The molecule has 1 fully saturated rings. The largest absolute Gasteiger partial charge is 0.504 e. The SMILES string of the molecule is COc1cc(C2(N)CC2)c(OC)cc1O. The molecule has 0 saturated heterocycles. The number of hydrogen-bond donors (Lipinski definition) is 2. The van der Waals surface area contributed by atoms with Crippen LogP contribution in [0.15, 0.2) is 12.1 Å². The van der Waals surface area contributed by atoms with E-state index in [4.69, 9.17) is 15.2 Å². The van der Waals surface area contributed by atoms with Gasteiger partial charge in [0.1, 0.15) is 5.75 Å². The molecule has 3 N–H and O–H groups in total. The molecule has 0 bridgehead atoms. The fourth-order valence-corrected chi connectivity index (χ4v) is 1.67. The molecule has 4 nitrogen and oxygen atoms in total. The van der Waals surface area contributed by atoms with Crippen molar-refractivity contribution in [1.29, 1.82) is 0 Å². The Labute approximate surface area is 88.6 Å². The molecule has 1 aromatic carbocycles. The van der Waals surface area contributed by atoms with Crippen LogP contribution in [0.4, 0.5) is 0 Å². The van der Waals surface area contributed by atoms with Gasteiger partial charge in [0.15, 0.2) is 11.5 Å². The monoisotopic (exact) mass is 209 g/mol. The van der Waals surface area contributed by atoms with Crippen molar-refractivity contribution in [3.63, 3.8) is 0 Å². The van der Waals surface area contributed by atoms with Crippen molar-refractivity contribution in [2.75, 3.05) is 14.2 Å². The summed E-state index contributed by atoms with van der Waals surface area (Å²) in [6.45, 7) is 0. The number of ether oxygens (including phenoxy) is 2. The lowest BCUT2D eigenvalue weighted by molar-refractivity contribution is 0.361. The summed E-state index contributed by atoms with van der Waals surface area (Å²) < 4.78 is 10.2. The smallest absolute Gasteiger partial charge is 0.161 e. The third kappa shape index (κ3) is 1.61. The average molecular weight is 209 g/mol. The molecular weight excluding hydrogens is 194 g/mol. The summed E-state index contributed by atoms with van der Waals surface area (Å²) in [5, 5.41) is 9.59. The van der Waals surface area contributed by atoms with Gasteiger partial charge in [0.25, 0.3) is 0 Å². The minimum atomic E-state index is -0.299. The van der Waals surface area contributed by atoms with Crippen LogP contribution in [0.3, 0.4) is 0 Å². The van der Waals surface area contributed by atoms with Crippen LogP contribution in [0, 0.1) is 0 Å². The van der Waals surface area contributed by atoms with Gasteiger partial charge in [0.05, 0.1) is 14.2 Å². The van der Waals surface area contributed by atoms with Crippen molar-refractivity contribution in [3.8, 4) is 17.2 Å². The summed E-state index contributed by atoms with van der Waals surface area (Å²) in [4.78, 5) is 0. The number of phenols is 1. The Balaban J connectivity index is 2.51. The number of aromatic hydroxyl groups is 1. The van der Waals surface area contributed by atoms with Crippen molar-refractivity contribution >= 4 is 0 Å². The minimum Gasteiger partial charge on any atom is -0.504 e. The predicted octanol–water partition coefficient (Wildman–Crippen LogP) is 1.36. The fourth-order valence-electron chi connectivity index (χ4n) is 1.67. The van der Waals surface area contributed by atoms with Gasteiger partial charge in [0.2, 0.25) is 0 Å². The number of hydrogen-bond acceptors (Lipinski definition) is 4. The number of methoxy groups -OCH3 is 2. The van der Waals surface area contributed by atoms with E-state index in [1.807, 2.05) is 0 Å². The van der Waals surface area contributed by atoms with E-state index in [0.29, 0.717) is 11.5 Å². The molecule has 2 rings (SSSR count). The van der Waals surface area contributed by atoms with Crippen LogP contribution in [0.5, 0.6) is 17.2 Å². The second kappa shape index (κ2) is 3.31. The molecule has 0 radical (unpaired) electrons. The molecule has 1 saturated carbocycles. The molecule has 0 heterocycles. The van der Waals surface area contributed by atoms with Crippen LogP contribution in [-0.2, 0) is 5.54 Å². The normalized spacial score (nSPS) is 17.3. The van der Waals surface area contributed by atoms with Gasteiger partial charge in [-0.25, -0.2) is 0 Å².